The Labute approximate surface area is 140 Å². The second-order valence-corrected chi connectivity index (χ2v) is 8.28. The molecule has 21 heavy (non-hydrogen) atoms. The van der Waals surface area contributed by atoms with Gasteiger partial charge in [0.2, 0.25) is 5.82 Å². The molecular weight excluding hydrogens is 405 g/mol. The van der Waals surface area contributed by atoms with E-state index in [0.717, 1.165) is 20.6 Å². The van der Waals surface area contributed by atoms with Crippen LogP contribution >= 0.6 is 33.9 Å². The van der Waals surface area contributed by atoms with Gasteiger partial charge in [-0.2, -0.15) is 4.39 Å². The van der Waals surface area contributed by atoms with E-state index >= 15 is 0 Å². The minimum Gasteiger partial charge on any atom is -0.490 e. The number of thiophene rings is 1. The highest BCUT2D eigenvalue weighted by atomic mass is 127. The first kappa shape index (κ1) is 15.2. The smallest absolute Gasteiger partial charge is 0.201 e. The van der Waals surface area contributed by atoms with E-state index in [2.05, 4.69) is 22.6 Å². The molecule has 0 amide bonds. The Morgan fingerprint density at radius 2 is 1.86 bits per heavy atom. The van der Waals surface area contributed by atoms with Gasteiger partial charge in [0.05, 0.1) is 9.49 Å². The first-order chi connectivity index (χ1) is 10.1. The standard InChI is InChI=1S/C16H15F2IOS/c17-15-11(13-7-8-14(19)21-13)5-6-12(16(15)18)20-9-10-3-1-2-4-10/h5-8,10H,1-4,9H2. The lowest BCUT2D eigenvalue weighted by molar-refractivity contribution is 0.239. The number of halogens is 3. The largest absolute Gasteiger partial charge is 0.490 e. The van der Waals surface area contributed by atoms with Gasteiger partial charge in [-0.25, -0.2) is 4.39 Å². The van der Waals surface area contributed by atoms with Crippen LogP contribution in [0.4, 0.5) is 8.78 Å². The fourth-order valence-electron chi connectivity index (χ4n) is 2.68. The van der Waals surface area contributed by atoms with Crippen LogP contribution in [0.5, 0.6) is 5.75 Å². The molecule has 0 spiro atoms. The zero-order valence-electron chi connectivity index (χ0n) is 11.4. The Kier molecular flexibility index (Phi) is 4.78. The molecular formula is C16H15F2IOS. The molecule has 0 saturated heterocycles. The van der Waals surface area contributed by atoms with Gasteiger partial charge < -0.3 is 4.74 Å². The predicted octanol–water partition coefficient (Wildman–Crippen LogP) is 5.87. The molecule has 112 valence electrons. The SMILES string of the molecule is Fc1c(OCC2CCCC2)ccc(-c2ccc(I)s2)c1F. The van der Waals surface area contributed by atoms with E-state index in [4.69, 9.17) is 4.74 Å². The fraction of sp³-hybridized carbons (Fsp3) is 0.375. The maximum atomic E-state index is 14.2. The maximum Gasteiger partial charge on any atom is 0.201 e. The maximum absolute atomic E-state index is 14.2. The molecule has 0 bridgehead atoms. The molecule has 0 radical (unpaired) electrons. The summed E-state index contributed by atoms with van der Waals surface area (Å²) in [6.45, 7) is 0.479. The van der Waals surface area contributed by atoms with Crippen molar-refractivity contribution in [3.8, 4) is 16.2 Å². The van der Waals surface area contributed by atoms with Gasteiger partial charge in [0.15, 0.2) is 11.6 Å². The molecule has 1 saturated carbocycles. The van der Waals surface area contributed by atoms with Crippen molar-refractivity contribution in [2.24, 2.45) is 5.92 Å². The highest BCUT2D eigenvalue weighted by Gasteiger charge is 2.19. The van der Waals surface area contributed by atoms with Gasteiger partial charge in [-0.1, -0.05) is 12.8 Å². The van der Waals surface area contributed by atoms with Crippen LogP contribution < -0.4 is 4.74 Å². The second-order valence-electron chi connectivity index (χ2n) is 5.30. The van der Waals surface area contributed by atoms with Crippen molar-refractivity contribution >= 4 is 33.9 Å². The lowest BCUT2D eigenvalue weighted by atomic mass is 10.1. The third-order valence-corrected chi connectivity index (χ3v) is 5.76. The molecule has 1 heterocycles. The summed E-state index contributed by atoms with van der Waals surface area (Å²) < 4.78 is 34.9. The number of rotatable bonds is 4. The fourth-order valence-corrected chi connectivity index (χ4v) is 4.32. The molecule has 3 rings (SSSR count). The molecule has 1 fully saturated rings. The molecule has 1 aromatic carbocycles. The Balaban J connectivity index is 1.79. The third-order valence-electron chi connectivity index (χ3n) is 3.83. The zero-order chi connectivity index (χ0) is 14.8. The average Bonchev–Trinajstić information content (AvgIpc) is 3.12. The molecule has 0 atom stereocenters. The van der Waals surface area contributed by atoms with Crippen LogP contribution in [-0.2, 0) is 0 Å². The first-order valence-corrected chi connectivity index (χ1v) is 8.91. The van der Waals surface area contributed by atoms with Crippen molar-refractivity contribution in [3.05, 3.63) is 38.8 Å². The summed E-state index contributed by atoms with van der Waals surface area (Å²) >= 11 is 3.61. The third kappa shape index (κ3) is 3.39. The molecule has 1 aliphatic rings. The number of hydrogen-bond acceptors (Lipinski definition) is 2. The molecule has 2 aromatic rings. The van der Waals surface area contributed by atoms with E-state index in [1.54, 1.807) is 6.07 Å². The van der Waals surface area contributed by atoms with Gasteiger partial charge in [-0.3, -0.25) is 0 Å². The van der Waals surface area contributed by atoms with E-state index in [0.29, 0.717) is 18.1 Å². The van der Waals surface area contributed by atoms with Crippen LogP contribution in [0.15, 0.2) is 24.3 Å². The summed E-state index contributed by atoms with van der Waals surface area (Å²) in [7, 11) is 0. The Morgan fingerprint density at radius 1 is 1.10 bits per heavy atom. The summed E-state index contributed by atoms with van der Waals surface area (Å²) in [4.78, 5) is 0.734. The van der Waals surface area contributed by atoms with Gasteiger partial charge in [-0.05, 0) is 65.6 Å². The number of hydrogen-bond donors (Lipinski definition) is 0. The molecule has 1 aliphatic carbocycles. The van der Waals surface area contributed by atoms with Gasteiger partial charge in [0.1, 0.15) is 0 Å². The monoisotopic (exact) mass is 420 g/mol. The quantitative estimate of drug-likeness (QED) is 0.563. The van der Waals surface area contributed by atoms with Crippen LogP contribution in [-0.4, -0.2) is 6.61 Å². The highest BCUT2D eigenvalue weighted by Crippen LogP contribution is 2.35. The van der Waals surface area contributed by atoms with Crippen LogP contribution in [0, 0.1) is 20.4 Å². The summed E-state index contributed by atoms with van der Waals surface area (Å²) in [5.74, 6) is -1.20. The molecule has 1 aromatic heterocycles. The van der Waals surface area contributed by atoms with Crippen LogP contribution in [0.25, 0.3) is 10.4 Å². The lowest BCUT2D eigenvalue weighted by Gasteiger charge is -2.13. The molecule has 0 unspecified atom stereocenters. The number of ether oxygens (including phenoxy) is 1. The normalized spacial score (nSPS) is 15.6. The average molecular weight is 420 g/mol. The van der Waals surface area contributed by atoms with Crippen LogP contribution in [0.1, 0.15) is 25.7 Å². The molecule has 1 nitrogen and oxygen atoms in total. The van der Waals surface area contributed by atoms with Crippen molar-refractivity contribution in [2.45, 2.75) is 25.7 Å². The van der Waals surface area contributed by atoms with Gasteiger partial charge in [0, 0.05) is 10.4 Å². The Bertz CT molecular complexity index is 635. The summed E-state index contributed by atoms with van der Waals surface area (Å²) in [5, 5.41) is 0. The van der Waals surface area contributed by atoms with Crippen molar-refractivity contribution in [1.29, 1.82) is 0 Å². The van der Waals surface area contributed by atoms with Gasteiger partial charge >= 0.3 is 0 Å². The van der Waals surface area contributed by atoms with Crippen molar-refractivity contribution in [2.75, 3.05) is 6.61 Å². The van der Waals surface area contributed by atoms with E-state index in [1.165, 1.54) is 30.2 Å². The summed E-state index contributed by atoms with van der Waals surface area (Å²) in [6, 6.07) is 6.84. The zero-order valence-corrected chi connectivity index (χ0v) is 14.3. The van der Waals surface area contributed by atoms with Crippen molar-refractivity contribution in [1.82, 2.24) is 0 Å². The van der Waals surface area contributed by atoms with E-state index in [-0.39, 0.29) is 5.75 Å². The highest BCUT2D eigenvalue weighted by molar-refractivity contribution is 14.1. The number of benzene rings is 1. The predicted molar refractivity (Wildman–Crippen MR) is 89.8 cm³/mol. The Morgan fingerprint density at radius 3 is 2.52 bits per heavy atom. The molecule has 0 aliphatic heterocycles. The van der Waals surface area contributed by atoms with E-state index in [1.807, 2.05) is 12.1 Å². The van der Waals surface area contributed by atoms with Gasteiger partial charge in [0.25, 0.3) is 0 Å². The minimum atomic E-state index is -0.881. The molecule has 0 N–H and O–H groups in total. The topological polar surface area (TPSA) is 9.23 Å². The lowest BCUT2D eigenvalue weighted by Crippen LogP contribution is -2.09. The molecule has 5 heteroatoms. The minimum absolute atomic E-state index is 0.0226. The van der Waals surface area contributed by atoms with Crippen molar-refractivity contribution < 1.29 is 13.5 Å². The summed E-state index contributed by atoms with van der Waals surface area (Å²) in [6.07, 6.45) is 4.66. The van der Waals surface area contributed by atoms with E-state index < -0.39 is 11.6 Å². The second kappa shape index (κ2) is 6.60. The van der Waals surface area contributed by atoms with Crippen LogP contribution in [0.2, 0.25) is 0 Å². The van der Waals surface area contributed by atoms with Crippen molar-refractivity contribution in [3.63, 3.8) is 0 Å². The Hall–Kier alpha value is -0.690. The summed E-state index contributed by atoms with van der Waals surface area (Å²) in [5.41, 5.74) is 0.300. The van der Waals surface area contributed by atoms with Gasteiger partial charge in [-0.15, -0.1) is 11.3 Å². The van der Waals surface area contributed by atoms with Crippen LogP contribution in [0.3, 0.4) is 0 Å². The van der Waals surface area contributed by atoms with E-state index in [9.17, 15) is 8.78 Å². The first-order valence-electron chi connectivity index (χ1n) is 7.01.